The quantitative estimate of drug-likeness (QED) is 0.0817. The third-order valence-electron chi connectivity index (χ3n) is 7.13. The van der Waals surface area contributed by atoms with Crippen molar-refractivity contribution in [3.8, 4) is 0 Å². The van der Waals surface area contributed by atoms with E-state index in [1.807, 2.05) is 115 Å². The zero-order valence-corrected chi connectivity index (χ0v) is 31.6. The van der Waals surface area contributed by atoms with Crippen LogP contribution < -0.4 is 33.4 Å². The first kappa shape index (κ1) is 42.9. The van der Waals surface area contributed by atoms with Crippen LogP contribution in [0.25, 0.3) is 39.0 Å². The normalized spacial score (nSPS) is 9.74. The molecule has 0 radical (unpaired) electrons. The Morgan fingerprint density at radius 2 is 1.36 bits per heavy atom. The summed E-state index contributed by atoms with van der Waals surface area (Å²) in [5.41, 5.74) is 6.45. The zero-order valence-electron chi connectivity index (χ0n) is 29.5. The second-order valence-corrected chi connectivity index (χ2v) is 10.9. The Labute approximate surface area is 326 Å². The van der Waals surface area contributed by atoms with Crippen LogP contribution in [0.5, 0.6) is 0 Å². The number of rotatable bonds is 11. The van der Waals surface area contributed by atoms with Crippen LogP contribution in [0.15, 0.2) is 127 Å². The number of nitrogens with zero attached hydrogens (tertiary/aromatic N) is 4. The lowest BCUT2D eigenvalue weighted by Crippen LogP contribution is -3.00. The van der Waals surface area contributed by atoms with Gasteiger partial charge in [-0.3, -0.25) is 9.69 Å². The summed E-state index contributed by atoms with van der Waals surface area (Å²) in [5, 5.41) is 0. The van der Waals surface area contributed by atoms with Gasteiger partial charge in [-0.15, -0.1) is 0 Å². The number of amides is 1. The maximum atomic E-state index is 11.9. The Morgan fingerprint density at radius 3 is 1.92 bits per heavy atom. The van der Waals surface area contributed by atoms with Gasteiger partial charge in [0.1, 0.15) is 20.3 Å². The molecular formula is C42H39IN4O6. The average molecular weight is 823 g/mol. The van der Waals surface area contributed by atoms with E-state index in [-0.39, 0.29) is 56.2 Å². The van der Waals surface area contributed by atoms with Gasteiger partial charge in [-0.2, -0.15) is 4.57 Å². The monoisotopic (exact) mass is 822 g/mol. The number of hydrogen-bond donors (Lipinski definition) is 0. The van der Waals surface area contributed by atoms with Gasteiger partial charge in [0.05, 0.1) is 6.08 Å². The van der Waals surface area contributed by atoms with Crippen LogP contribution >= 0.6 is 0 Å². The lowest BCUT2D eigenvalue weighted by Gasteiger charge is -2.15. The van der Waals surface area contributed by atoms with Crippen molar-refractivity contribution in [3.63, 3.8) is 0 Å². The lowest BCUT2D eigenvalue weighted by molar-refractivity contribution is -0.652. The molecule has 0 spiro atoms. The fraction of sp³-hybridized carbons (Fsp3) is 0.143. The van der Waals surface area contributed by atoms with Crippen LogP contribution in [0.1, 0.15) is 35.1 Å². The molecule has 0 unspecified atom stereocenters. The van der Waals surface area contributed by atoms with E-state index in [1.54, 1.807) is 29.3 Å². The maximum Gasteiger partial charge on any atom is 0.387 e. The summed E-state index contributed by atoms with van der Waals surface area (Å²) in [6.45, 7) is 21.8. The molecule has 4 aromatic carbocycles. The van der Waals surface area contributed by atoms with Crippen molar-refractivity contribution in [2.75, 3.05) is 18.0 Å². The number of esters is 2. The minimum absolute atomic E-state index is 0. The van der Waals surface area contributed by atoms with Gasteiger partial charge in [0.2, 0.25) is 11.5 Å². The smallest absolute Gasteiger partial charge is 0.387 e. The highest BCUT2D eigenvalue weighted by Gasteiger charge is 2.17. The zero-order chi connectivity index (χ0) is 37.7. The maximum absolute atomic E-state index is 11.9. The number of para-hydroxylation sites is 3. The number of ether oxygens (including phenoxy) is 2. The van der Waals surface area contributed by atoms with E-state index in [4.69, 9.17) is 27.0 Å². The molecule has 0 atom stereocenters. The first-order valence-electron chi connectivity index (χ1n) is 16.0. The molecule has 0 aliphatic carbocycles. The molecule has 0 saturated heterocycles. The Kier molecular flexibility index (Phi) is 18.8. The second-order valence-electron chi connectivity index (χ2n) is 10.9. The van der Waals surface area contributed by atoms with Gasteiger partial charge in [0, 0.05) is 24.9 Å². The highest BCUT2D eigenvalue weighted by molar-refractivity contribution is 5.94. The molecule has 0 bridgehead atoms. The summed E-state index contributed by atoms with van der Waals surface area (Å²) in [5.74, 6) is -0.351. The molecule has 1 amide bonds. The summed E-state index contributed by atoms with van der Waals surface area (Å²) in [7, 11) is 1.94. The molecule has 10 nitrogen and oxygen atoms in total. The molecule has 270 valence electrons. The molecule has 0 aliphatic rings. The van der Waals surface area contributed by atoms with E-state index in [2.05, 4.69) is 22.8 Å². The van der Waals surface area contributed by atoms with Crippen LogP contribution in [0.2, 0.25) is 0 Å². The van der Waals surface area contributed by atoms with Crippen molar-refractivity contribution in [2.24, 2.45) is 7.05 Å². The Hall–Kier alpha value is -6.31. The van der Waals surface area contributed by atoms with Gasteiger partial charge in [-0.25, -0.2) is 22.7 Å². The highest BCUT2D eigenvalue weighted by Crippen LogP contribution is 2.17. The van der Waals surface area contributed by atoms with Gasteiger partial charge >= 0.3 is 30.9 Å². The van der Waals surface area contributed by atoms with Crippen molar-refractivity contribution < 1.29 is 56.8 Å². The molecule has 0 saturated carbocycles. The second kappa shape index (κ2) is 23.2. The van der Waals surface area contributed by atoms with Gasteiger partial charge in [-0.1, -0.05) is 98.1 Å². The van der Waals surface area contributed by atoms with Gasteiger partial charge in [-0.05, 0) is 46.5 Å². The summed E-state index contributed by atoms with van der Waals surface area (Å²) < 4.78 is 17.5. The molecule has 5 aromatic rings. The minimum atomic E-state index is -0.492. The summed E-state index contributed by atoms with van der Waals surface area (Å²) in [6.07, 6.45) is 7.00. The number of aryl methyl sites for hydroxylation is 1. The molecule has 0 fully saturated rings. The number of halogens is 1. The number of benzene rings is 4. The molecule has 5 rings (SSSR count). The predicted octanol–water partition coefficient (Wildman–Crippen LogP) is 4.87. The van der Waals surface area contributed by atoms with E-state index in [0.29, 0.717) is 5.89 Å². The number of aromatic nitrogens is 1. The number of anilines is 1. The van der Waals surface area contributed by atoms with Crippen molar-refractivity contribution in [1.82, 2.24) is 0 Å². The third-order valence-corrected chi connectivity index (χ3v) is 7.13. The number of oxazole rings is 1. The number of carbonyl (C=O) groups is 3. The van der Waals surface area contributed by atoms with Crippen molar-refractivity contribution in [1.29, 1.82) is 0 Å². The predicted molar refractivity (Wildman–Crippen MR) is 202 cm³/mol. The SMILES string of the molecule is CC(=O)N(/C=C/c1oc2ccccc2[n+]1C)c1ccccc1.[C-]#[N+]CC(=O)OCc1ccc(C=C)cc1.[C-]#[N+]CC(=O)OCc1cccc(C=C)c1.[I-]. The average Bonchev–Trinajstić information content (AvgIpc) is 3.49. The number of fused-ring (bicyclic) bond motifs is 1. The summed E-state index contributed by atoms with van der Waals surface area (Å²) >= 11 is 0. The van der Waals surface area contributed by atoms with Crippen molar-refractivity contribution >= 4 is 52.9 Å². The molecular weight excluding hydrogens is 783 g/mol. The summed E-state index contributed by atoms with van der Waals surface area (Å²) in [6, 6.07) is 32.4. The van der Waals surface area contributed by atoms with E-state index in [0.717, 1.165) is 39.0 Å². The Balaban J connectivity index is 0.000000281. The van der Waals surface area contributed by atoms with Crippen LogP contribution in [0, 0.1) is 13.1 Å². The van der Waals surface area contributed by atoms with E-state index in [9.17, 15) is 14.4 Å². The number of carbonyl (C=O) groups excluding carboxylic acids is 3. The first-order valence-corrected chi connectivity index (χ1v) is 16.0. The lowest BCUT2D eigenvalue weighted by atomic mass is 10.1. The van der Waals surface area contributed by atoms with Crippen LogP contribution in [0.4, 0.5) is 5.69 Å². The fourth-order valence-corrected chi connectivity index (χ4v) is 4.47. The van der Waals surface area contributed by atoms with E-state index < -0.39 is 11.9 Å². The van der Waals surface area contributed by atoms with E-state index in [1.165, 1.54) is 6.92 Å². The largest absolute Gasteiger partial charge is 1.00 e. The third kappa shape index (κ3) is 14.4. The van der Waals surface area contributed by atoms with Crippen molar-refractivity contribution in [3.05, 3.63) is 173 Å². The molecule has 11 heteroatoms. The molecule has 1 heterocycles. The van der Waals surface area contributed by atoms with Gasteiger partial charge in [0.15, 0.2) is 0 Å². The van der Waals surface area contributed by atoms with E-state index >= 15 is 0 Å². The summed E-state index contributed by atoms with van der Waals surface area (Å²) in [4.78, 5) is 41.1. The van der Waals surface area contributed by atoms with Crippen LogP contribution in [-0.4, -0.2) is 30.9 Å². The van der Waals surface area contributed by atoms with Crippen LogP contribution in [-0.2, 0) is 44.1 Å². The van der Waals surface area contributed by atoms with Gasteiger partial charge < -0.3 is 47.6 Å². The standard InChI is InChI=1S/C18H17N2O2.2C12H11NO2.HI/c1-14(21)20(15-8-4-3-5-9-15)13-12-18-19(2)16-10-6-7-11-17(16)22-18;1-3-10-4-6-11(7-5-10)9-15-12(14)8-13-2;1-3-10-5-4-6-11(7-10)9-15-12(14)8-13-2;/h3-13H,1-2H3;2*3-7H,1,8-9H2;1H/q+1;;;/p-1. The Bertz CT molecular complexity index is 2090. The topological polar surface area (TPSA) is 98.7 Å². The fourth-order valence-electron chi connectivity index (χ4n) is 4.47. The van der Waals surface area contributed by atoms with Crippen LogP contribution in [0.3, 0.4) is 0 Å². The van der Waals surface area contributed by atoms with Gasteiger partial charge in [0.25, 0.3) is 5.52 Å². The Morgan fingerprint density at radius 1 is 0.774 bits per heavy atom. The first-order chi connectivity index (χ1) is 25.2. The number of hydrogen-bond acceptors (Lipinski definition) is 6. The highest BCUT2D eigenvalue weighted by atomic mass is 127. The molecule has 53 heavy (non-hydrogen) atoms. The molecule has 0 N–H and O–H groups in total. The van der Waals surface area contributed by atoms with Crippen molar-refractivity contribution in [2.45, 2.75) is 20.1 Å². The molecule has 0 aliphatic heterocycles. The molecule has 1 aromatic heterocycles. The minimum Gasteiger partial charge on any atom is -1.00 e.